The highest BCUT2D eigenvalue weighted by atomic mass is 15.1. The van der Waals surface area contributed by atoms with E-state index in [0.29, 0.717) is 0 Å². The normalized spacial score (nSPS) is 14.4. The minimum atomic E-state index is 1.10. The molecule has 1 aromatic rings. The molecule has 19 heavy (non-hydrogen) atoms. The van der Waals surface area contributed by atoms with Crippen molar-refractivity contribution >= 4 is 0 Å². The van der Waals surface area contributed by atoms with E-state index in [-0.39, 0.29) is 0 Å². The lowest BCUT2D eigenvalue weighted by molar-refractivity contribution is 0.339. The average Bonchev–Trinajstić information content (AvgIpc) is 3.06. The summed E-state index contributed by atoms with van der Waals surface area (Å²) in [4.78, 5) is 6.71. The number of imidazole rings is 1. The molecule has 1 fully saturated rings. The molecule has 0 aliphatic carbocycles. The van der Waals surface area contributed by atoms with Crippen LogP contribution in [0.1, 0.15) is 59.1 Å². The Morgan fingerprint density at radius 2 is 1.74 bits per heavy atom. The SMILES string of the molecule is CC.CCCN1CCCC1.CCCc1cn(C)cn1. The number of hydrogen-bond donors (Lipinski definition) is 0. The quantitative estimate of drug-likeness (QED) is 0.825. The number of aryl methyl sites for hydroxylation is 2. The van der Waals surface area contributed by atoms with E-state index in [2.05, 4.69) is 29.9 Å². The first-order chi connectivity index (χ1) is 9.26. The molecular formula is C16H33N3. The van der Waals surface area contributed by atoms with E-state index in [4.69, 9.17) is 0 Å². The Hall–Kier alpha value is -0.830. The van der Waals surface area contributed by atoms with Gasteiger partial charge < -0.3 is 9.47 Å². The third kappa shape index (κ3) is 8.82. The molecule has 0 spiro atoms. The zero-order valence-corrected chi connectivity index (χ0v) is 13.7. The summed E-state index contributed by atoms with van der Waals surface area (Å²) < 4.78 is 1.98. The predicted octanol–water partition coefficient (Wildman–Crippen LogP) is 3.89. The van der Waals surface area contributed by atoms with Crippen LogP contribution in [-0.2, 0) is 13.5 Å². The minimum absolute atomic E-state index is 1.10. The first-order valence-corrected chi connectivity index (χ1v) is 7.95. The van der Waals surface area contributed by atoms with Gasteiger partial charge in [0.25, 0.3) is 0 Å². The van der Waals surface area contributed by atoms with E-state index in [0.717, 1.165) is 6.42 Å². The third-order valence-electron chi connectivity index (χ3n) is 3.00. The van der Waals surface area contributed by atoms with Crippen molar-refractivity contribution in [1.29, 1.82) is 0 Å². The van der Waals surface area contributed by atoms with Crippen molar-refractivity contribution in [3.63, 3.8) is 0 Å². The topological polar surface area (TPSA) is 21.1 Å². The molecule has 1 aromatic heterocycles. The Morgan fingerprint density at radius 1 is 1.11 bits per heavy atom. The summed E-state index contributed by atoms with van der Waals surface area (Å²) in [6, 6.07) is 0. The van der Waals surface area contributed by atoms with Gasteiger partial charge in [0.05, 0.1) is 12.0 Å². The van der Waals surface area contributed by atoms with Gasteiger partial charge in [-0.05, 0) is 45.3 Å². The lowest BCUT2D eigenvalue weighted by Gasteiger charge is -2.11. The summed E-state index contributed by atoms with van der Waals surface area (Å²) >= 11 is 0. The molecule has 1 saturated heterocycles. The minimum Gasteiger partial charge on any atom is -0.340 e. The lowest BCUT2D eigenvalue weighted by atomic mass is 10.3. The highest BCUT2D eigenvalue weighted by Crippen LogP contribution is 2.06. The smallest absolute Gasteiger partial charge is 0.0946 e. The molecule has 3 nitrogen and oxygen atoms in total. The zero-order valence-electron chi connectivity index (χ0n) is 13.7. The summed E-state index contributed by atoms with van der Waals surface area (Å²) in [5, 5.41) is 0. The molecule has 0 amide bonds. The Balaban J connectivity index is 0.000000303. The summed E-state index contributed by atoms with van der Waals surface area (Å²) in [5.74, 6) is 0. The number of aromatic nitrogens is 2. The highest BCUT2D eigenvalue weighted by Gasteiger charge is 2.08. The van der Waals surface area contributed by atoms with E-state index < -0.39 is 0 Å². The van der Waals surface area contributed by atoms with Crippen LogP contribution in [0.2, 0.25) is 0 Å². The number of likely N-dealkylation sites (tertiary alicyclic amines) is 1. The van der Waals surface area contributed by atoms with Gasteiger partial charge in [-0.3, -0.25) is 0 Å². The second-order valence-corrected chi connectivity index (χ2v) is 4.83. The molecule has 2 heterocycles. The number of rotatable bonds is 4. The fourth-order valence-electron chi connectivity index (χ4n) is 2.17. The summed E-state index contributed by atoms with van der Waals surface area (Å²) in [5.41, 5.74) is 1.19. The largest absolute Gasteiger partial charge is 0.340 e. The van der Waals surface area contributed by atoms with Crippen LogP contribution in [0, 0.1) is 0 Å². The lowest BCUT2D eigenvalue weighted by Crippen LogP contribution is -2.19. The van der Waals surface area contributed by atoms with Crippen LogP contribution in [-0.4, -0.2) is 34.1 Å². The molecular weight excluding hydrogens is 234 g/mol. The van der Waals surface area contributed by atoms with Gasteiger partial charge in [-0.15, -0.1) is 0 Å². The number of nitrogens with zero attached hydrogens (tertiary/aromatic N) is 3. The van der Waals surface area contributed by atoms with Crippen LogP contribution in [0.5, 0.6) is 0 Å². The van der Waals surface area contributed by atoms with Gasteiger partial charge in [-0.25, -0.2) is 4.98 Å². The molecule has 1 aliphatic heterocycles. The second-order valence-electron chi connectivity index (χ2n) is 4.83. The van der Waals surface area contributed by atoms with Crippen LogP contribution >= 0.6 is 0 Å². The van der Waals surface area contributed by atoms with Gasteiger partial charge in [0.15, 0.2) is 0 Å². The molecule has 0 radical (unpaired) electrons. The predicted molar refractivity (Wildman–Crippen MR) is 84.5 cm³/mol. The van der Waals surface area contributed by atoms with Crippen molar-refractivity contribution < 1.29 is 0 Å². The molecule has 3 heteroatoms. The van der Waals surface area contributed by atoms with Crippen LogP contribution in [0.3, 0.4) is 0 Å². The first-order valence-electron chi connectivity index (χ1n) is 7.95. The van der Waals surface area contributed by atoms with Crippen LogP contribution in [0.4, 0.5) is 0 Å². The fraction of sp³-hybridized carbons (Fsp3) is 0.812. The van der Waals surface area contributed by atoms with Crippen LogP contribution in [0.25, 0.3) is 0 Å². The molecule has 1 aliphatic rings. The van der Waals surface area contributed by atoms with Crippen molar-refractivity contribution in [2.75, 3.05) is 19.6 Å². The standard InChI is InChI=1S/C7H12N2.C7H15N.C2H6/c1-3-4-7-5-9(2)6-8-7;1-2-5-8-6-3-4-7-8;1-2/h5-6H,3-4H2,1-2H3;2-7H2,1H3;1-2H3. The Kier molecular flexibility index (Phi) is 11.7. The average molecular weight is 267 g/mol. The second kappa shape index (κ2) is 12.2. The molecule has 0 bridgehead atoms. The zero-order chi connectivity index (χ0) is 14.5. The van der Waals surface area contributed by atoms with E-state index in [1.165, 1.54) is 51.0 Å². The maximum Gasteiger partial charge on any atom is 0.0946 e. The van der Waals surface area contributed by atoms with Crippen LogP contribution < -0.4 is 0 Å². The summed E-state index contributed by atoms with van der Waals surface area (Å²) in [7, 11) is 1.99. The van der Waals surface area contributed by atoms with E-state index in [1.54, 1.807) is 0 Å². The van der Waals surface area contributed by atoms with E-state index in [9.17, 15) is 0 Å². The molecule has 0 saturated carbocycles. The van der Waals surface area contributed by atoms with Crippen molar-refractivity contribution in [1.82, 2.24) is 14.5 Å². The van der Waals surface area contributed by atoms with Gasteiger partial charge in [0.2, 0.25) is 0 Å². The Bertz CT molecular complexity index is 288. The molecule has 0 unspecified atom stereocenters. The summed E-state index contributed by atoms with van der Waals surface area (Å²) in [6.07, 6.45) is 10.4. The molecule has 112 valence electrons. The van der Waals surface area contributed by atoms with Crippen molar-refractivity contribution in [3.05, 3.63) is 18.2 Å². The Morgan fingerprint density at radius 3 is 2.16 bits per heavy atom. The van der Waals surface area contributed by atoms with Crippen LogP contribution in [0.15, 0.2) is 12.5 Å². The van der Waals surface area contributed by atoms with Gasteiger partial charge >= 0.3 is 0 Å². The van der Waals surface area contributed by atoms with Gasteiger partial charge in [-0.1, -0.05) is 34.1 Å². The fourth-order valence-corrected chi connectivity index (χ4v) is 2.17. The van der Waals surface area contributed by atoms with Gasteiger partial charge in [0, 0.05) is 13.2 Å². The Labute approximate surface area is 120 Å². The third-order valence-corrected chi connectivity index (χ3v) is 3.00. The molecule has 2 rings (SSSR count). The maximum atomic E-state index is 4.17. The van der Waals surface area contributed by atoms with Gasteiger partial charge in [-0.2, -0.15) is 0 Å². The van der Waals surface area contributed by atoms with Crippen molar-refractivity contribution in [2.45, 2.75) is 59.8 Å². The summed E-state index contributed by atoms with van der Waals surface area (Å²) in [6.45, 7) is 12.4. The van der Waals surface area contributed by atoms with Crippen molar-refractivity contribution in [2.24, 2.45) is 7.05 Å². The molecule has 0 aromatic carbocycles. The van der Waals surface area contributed by atoms with E-state index in [1.807, 2.05) is 31.8 Å². The highest BCUT2D eigenvalue weighted by molar-refractivity contribution is 4.95. The first kappa shape index (κ1) is 18.2. The van der Waals surface area contributed by atoms with Crippen molar-refractivity contribution in [3.8, 4) is 0 Å². The molecule has 0 N–H and O–H groups in total. The molecule has 0 atom stereocenters. The monoisotopic (exact) mass is 267 g/mol. The van der Waals surface area contributed by atoms with Gasteiger partial charge in [0.1, 0.15) is 0 Å². The van der Waals surface area contributed by atoms with E-state index >= 15 is 0 Å². The maximum absolute atomic E-state index is 4.17. The number of hydrogen-bond acceptors (Lipinski definition) is 2.